The number of hydrazone groups is 1. The lowest BCUT2D eigenvalue weighted by Crippen LogP contribution is -2.42. The van der Waals surface area contributed by atoms with Crippen LogP contribution >= 0.6 is 0 Å². The number of anilines is 1. The van der Waals surface area contributed by atoms with E-state index in [1.54, 1.807) is 42.3 Å². The Bertz CT molecular complexity index is 1360. The first-order chi connectivity index (χ1) is 17.4. The molecule has 0 bridgehead atoms. The molecule has 2 heterocycles. The molecule has 5 rings (SSSR count). The van der Waals surface area contributed by atoms with Crippen molar-refractivity contribution in [3.63, 3.8) is 0 Å². The summed E-state index contributed by atoms with van der Waals surface area (Å²) in [7, 11) is 1.57. The van der Waals surface area contributed by atoms with E-state index in [-0.39, 0.29) is 29.4 Å². The molecule has 0 saturated heterocycles. The van der Waals surface area contributed by atoms with Crippen LogP contribution in [0.1, 0.15) is 69.5 Å². The van der Waals surface area contributed by atoms with Crippen molar-refractivity contribution in [1.82, 2.24) is 5.43 Å². The SMILES string of the molecule is COc1ccc(C(=O)N/N=C2\CCCc3oc(C(=O)N4c5ccc(F)cc5CCC4C)c(C)c32)cc1. The van der Waals surface area contributed by atoms with Crippen molar-refractivity contribution in [2.24, 2.45) is 5.10 Å². The van der Waals surface area contributed by atoms with Crippen LogP contribution in [0.2, 0.25) is 0 Å². The van der Waals surface area contributed by atoms with Gasteiger partial charge >= 0.3 is 0 Å². The molecule has 1 aliphatic heterocycles. The van der Waals surface area contributed by atoms with E-state index in [2.05, 4.69) is 10.5 Å². The zero-order valence-electron chi connectivity index (χ0n) is 20.6. The summed E-state index contributed by atoms with van der Waals surface area (Å²) in [5, 5.41) is 4.41. The summed E-state index contributed by atoms with van der Waals surface area (Å²) in [6.07, 6.45) is 3.60. The van der Waals surface area contributed by atoms with Crippen LogP contribution in [0.15, 0.2) is 52.0 Å². The fourth-order valence-corrected chi connectivity index (χ4v) is 5.05. The third-order valence-electron chi connectivity index (χ3n) is 6.96. The van der Waals surface area contributed by atoms with Gasteiger partial charge < -0.3 is 14.1 Å². The summed E-state index contributed by atoms with van der Waals surface area (Å²) in [5.41, 5.74) is 6.81. The van der Waals surface area contributed by atoms with E-state index >= 15 is 0 Å². The number of rotatable bonds is 4. The summed E-state index contributed by atoms with van der Waals surface area (Å²) in [5.74, 6) is 0.739. The highest BCUT2D eigenvalue weighted by Gasteiger charge is 2.35. The number of nitrogens with one attached hydrogen (secondary N) is 1. The zero-order chi connectivity index (χ0) is 25.4. The lowest BCUT2D eigenvalue weighted by molar-refractivity contribution is 0.0941. The molecule has 186 valence electrons. The second kappa shape index (κ2) is 9.60. The maximum absolute atomic E-state index is 13.8. The molecular weight excluding hydrogens is 461 g/mol. The van der Waals surface area contributed by atoms with Crippen molar-refractivity contribution in [3.8, 4) is 5.75 Å². The summed E-state index contributed by atoms with van der Waals surface area (Å²) in [4.78, 5) is 28.0. The van der Waals surface area contributed by atoms with E-state index in [0.29, 0.717) is 41.2 Å². The van der Waals surface area contributed by atoms with Gasteiger partial charge in [0, 0.05) is 34.8 Å². The first kappa shape index (κ1) is 23.8. The Morgan fingerprint density at radius 1 is 1.14 bits per heavy atom. The molecule has 2 aliphatic rings. The van der Waals surface area contributed by atoms with E-state index in [0.717, 1.165) is 36.1 Å². The number of amides is 2. The number of fused-ring (bicyclic) bond motifs is 2. The second-order valence-electron chi connectivity index (χ2n) is 9.27. The lowest BCUT2D eigenvalue weighted by Gasteiger charge is -2.34. The largest absolute Gasteiger partial charge is 0.497 e. The van der Waals surface area contributed by atoms with Crippen molar-refractivity contribution in [2.45, 2.75) is 52.0 Å². The van der Waals surface area contributed by atoms with Gasteiger partial charge in [0.2, 0.25) is 0 Å². The molecule has 2 aromatic carbocycles. The molecule has 1 aliphatic carbocycles. The number of hydrogen-bond donors (Lipinski definition) is 1. The number of methoxy groups -OCH3 is 1. The molecule has 1 unspecified atom stereocenters. The highest BCUT2D eigenvalue weighted by atomic mass is 19.1. The normalized spacial score (nSPS) is 17.9. The van der Waals surface area contributed by atoms with E-state index in [9.17, 15) is 14.0 Å². The molecular formula is C28H28FN3O4. The third kappa shape index (κ3) is 4.27. The number of benzene rings is 2. The molecule has 7 nitrogen and oxygen atoms in total. The Labute approximate surface area is 208 Å². The molecule has 0 radical (unpaired) electrons. The van der Waals surface area contributed by atoms with E-state index in [1.165, 1.54) is 12.1 Å². The summed E-state index contributed by atoms with van der Waals surface area (Å²) >= 11 is 0. The van der Waals surface area contributed by atoms with Crippen LogP contribution in [-0.2, 0) is 12.8 Å². The fraction of sp³-hybridized carbons (Fsp3) is 0.321. The lowest BCUT2D eigenvalue weighted by atomic mass is 9.92. The van der Waals surface area contributed by atoms with Gasteiger partial charge in [-0.25, -0.2) is 9.82 Å². The van der Waals surface area contributed by atoms with Gasteiger partial charge in [-0.1, -0.05) is 0 Å². The van der Waals surface area contributed by atoms with Gasteiger partial charge in [0.1, 0.15) is 17.3 Å². The molecule has 2 amide bonds. The van der Waals surface area contributed by atoms with Crippen LogP contribution in [-0.4, -0.2) is 30.7 Å². The van der Waals surface area contributed by atoms with Gasteiger partial charge in [-0.3, -0.25) is 9.59 Å². The Kier molecular flexibility index (Phi) is 6.35. The average Bonchev–Trinajstić information content (AvgIpc) is 3.24. The number of aryl methyl sites for hydroxylation is 2. The van der Waals surface area contributed by atoms with E-state index in [1.807, 2.05) is 13.8 Å². The number of carbonyl (C=O) groups is 2. The van der Waals surface area contributed by atoms with Crippen LogP contribution in [0, 0.1) is 12.7 Å². The first-order valence-corrected chi connectivity index (χ1v) is 12.1. The maximum Gasteiger partial charge on any atom is 0.294 e. The number of halogens is 1. The van der Waals surface area contributed by atoms with E-state index < -0.39 is 0 Å². The van der Waals surface area contributed by atoms with Crippen LogP contribution in [0.25, 0.3) is 0 Å². The standard InChI is InChI=1S/C28H28FN3O4/c1-16-7-8-19-15-20(29)11-14-23(19)32(16)28(34)26-17(2)25-22(5-4-6-24(25)36-26)30-31-27(33)18-9-12-21(35-3)13-10-18/h9-16H,4-8H2,1-3H3,(H,31,33)/b30-22+. The van der Waals surface area contributed by atoms with Crippen LogP contribution in [0.5, 0.6) is 5.75 Å². The van der Waals surface area contributed by atoms with Gasteiger partial charge in [-0.05, 0) is 87.6 Å². The second-order valence-corrected chi connectivity index (χ2v) is 9.27. The van der Waals surface area contributed by atoms with Crippen LogP contribution in [0.4, 0.5) is 10.1 Å². The molecule has 0 fully saturated rings. The number of carbonyl (C=O) groups excluding carboxylic acids is 2. The number of nitrogens with zero attached hydrogens (tertiary/aromatic N) is 2. The van der Waals surface area contributed by atoms with Crippen LogP contribution in [0.3, 0.4) is 0 Å². The van der Waals surface area contributed by atoms with Crippen molar-refractivity contribution in [1.29, 1.82) is 0 Å². The zero-order valence-corrected chi connectivity index (χ0v) is 20.6. The Morgan fingerprint density at radius 3 is 2.67 bits per heavy atom. The fourth-order valence-electron chi connectivity index (χ4n) is 5.05. The quantitative estimate of drug-likeness (QED) is 0.512. The molecule has 0 saturated carbocycles. The minimum absolute atomic E-state index is 0.0473. The van der Waals surface area contributed by atoms with Gasteiger partial charge in [-0.2, -0.15) is 5.10 Å². The van der Waals surface area contributed by atoms with Gasteiger partial charge in [0.05, 0.1) is 12.8 Å². The van der Waals surface area contributed by atoms with Gasteiger partial charge in [0.15, 0.2) is 5.76 Å². The Hall–Kier alpha value is -3.94. The molecule has 36 heavy (non-hydrogen) atoms. The topological polar surface area (TPSA) is 84.1 Å². The molecule has 3 aromatic rings. The average molecular weight is 490 g/mol. The monoisotopic (exact) mass is 489 g/mol. The van der Waals surface area contributed by atoms with Crippen molar-refractivity contribution >= 4 is 23.2 Å². The number of hydrogen-bond acceptors (Lipinski definition) is 5. The number of furan rings is 1. The third-order valence-corrected chi connectivity index (χ3v) is 6.96. The van der Waals surface area contributed by atoms with Gasteiger partial charge in [-0.15, -0.1) is 0 Å². The summed E-state index contributed by atoms with van der Waals surface area (Å²) in [6, 6.07) is 11.3. The summed E-state index contributed by atoms with van der Waals surface area (Å²) in [6.45, 7) is 3.84. The van der Waals surface area contributed by atoms with Crippen molar-refractivity contribution < 1.29 is 23.1 Å². The Morgan fingerprint density at radius 2 is 1.92 bits per heavy atom. The molecule has 1 aromatic heterocycles. The predicted molar refractivity (Wildman–Crippen MR) is 134 cm³/mol. The minimum atomic E-state index is -0.333. The first-order valence-electron chi connectivity index (χ1n) is 12.1. The smallest absolute Gasteiger partial charge is 0.294 e. The minimum Gasteiger partial charge on any atom is -0.497 e. The molecule has 0 spiro atoms. The highest BCUT2D eigenvalue weighted by molar-refractivity contribution is 6.11. The van der Waals surface area contributed by atoms with E-state index in [4.69, 9.17) is 9.15 Å². The summed E-state index contributed by atoms with van der Waals surface area (Å²) < 4.78 is 25.1. The van der Waals surface area contributed by atoms with Gasteiger partial charge in [0.25, 0.3) is 11.8 Å². The van der Waals surface area contributed by atoms with Crippen molar-refractivity contribution in [2.75, 3.05) is 12.0 Å². The molecule has 1 N–H and O–H groups in total. The number of ether oxygens (including phenoxy) is 1. The Balaban J connectivity index is 1.43. The highest BCUT2D eigenvalue weighted by Crippen LogP contribution is 2.36. The maximum atomic E-state index is 13.8. The van der Waals surface area contributed by atoms with Crippen LogP contribution < -0.4 is 15.1 Å². The molecule has 1 atom stereocenters. The predicted octanol–water partition coefficient (Wildman–Crippen LogP) is 5.19. The van der Waals surface area contributed by atoms with Crippen molar-refractivity contribution in [3.05, 3.63) is 82.1 Å². The molecule has 8 heteroatoms.